The third-order valence-electron chi connectivity index (χ3n) is 3.34. The number of methoxy groups -OCH3 is 1. The predicted octanol–water partition coefficient (Wildman–Crippen LogP) is 4.06. The lowest BCUT2D eigenvalue weighted by atomic mass is 10.1. The smallest absolute Gasteiger partial charge is 0.177 e. The van der Waals surface area contributed by atoms with Crippen LogP contribution in [0.2, 0.25) is 5.02 Å². The van der Waals surface area contributed by atoms with E-state index < -0.39 is 15.7 Å². The van der Waals surface area contributed by atoms with Gasteiger partial charge in [-0.2, -0.15) is 0 Å². The van der Waals surface area contributed by atoms with Gasteiger partial charge in [0.25, 0.3) is 0 Å². The molecule has 0 heterocycles. The monoisotopic (exact) mass is 357 g/mol. The van der Waals surface area contributed by atoms with E-state index in [9.17, 15) is 12.8 Å². The highest BCUT2D eigenvalue weighted by Gasteiger charge is 2.17. The fourth-order valence-corrected chi connectivity index (χ4v) is 3.27. The highest BCUT2D eigenvalue weighted by molar-refractivity contribution is 7.90. The van der Waals surface area contributed by atoms with Gasteiger partial charge in [-0.3, -0.25) is 0 Å². The Balaban J connectivity index is 2.39. The number of rotatable bonds is 5. The molecule has 124 valence electrons. The first-order valence-corrected chi connectivity index (χ1v) is 9.08. The van der Waals surface area contributed by atoms with Crippen LogP contribution in [0.3, 0.4) is 0 Å². The van der Waals surface area contributed by atoms with Gasteiger partial charge in [-0.15, -0.1) is 0 Å². The van der Waals surface area contributed by atoms with Crippen LogP contribution in [-0.2, 0) is 9.84 Å². The molecule has 0 aliphatic rings. The summed E-state index contributed by atoms with van der Waals surface area (Å²) in [6.45, 7) is 1.82. The van der Waals surface area contributed by atoms with Crippen LogP contribution < -0.4 is 10.1 Å². The minimum absolute atomic E-state index is 0.0414. The van der Waals surface area contributed by atoms with E-state index in [1.165, 1.54) is 13.2 Å². The van der Waals surface area contributed by atoms with Crippen molar-refractivity contribution in [3.8, 4) is 5.75 Å². The summed E-state index contributed by atoms with van der Waals surface area (Å²) in [4.78, 5) is 0.0414. The summed E-state index contributed by atoms with van der Waals surface area (Å²) in [5.74, 6) is 0.0690. The summed E-state index contributed by atoms with van der Waals surface area (Å²) in [6.07, 6.45) is 1.08. The van der Waals surface area contributed by atoms with Gasteiger partial charge in [0.2, 0.25) is 0 Å². The Morgan fingerprint density at radius 2 is 1.91 bits per heavy atom. The Morgan fingerprint density at radius 1 is 1.22 bits per heavy atom. The topological polar surface area (TPSA) is 55.4 Å². The second kappa shape index (κ2) is 6.76. The maximum Gasteiger partial charge on any atom is 0.177 e. The molecule has 0 amide bonds. The van der Waals surface area contributed by atoms with E-state index in [0.29, 0.717) is 10.8 Å². The molecule has 0 aliphatic carbocycles. The van der Waals surface area contributed by atoms with Gasteiger partial charge in [0.1, 0.15) is 11.6 Å². The van der Waals surface area contributed by atoms with E-state index in [-0.39, 0.29) is 16.6 Å². The van der Waals surface area contributed by atoms with Gasteiger partial charge in [0, 0.05) is 17.3 Å². The lowest BCUT2D eigenvalue weighted by Gasteiger charge is -2.19. The molecule has 2 aromatic rings. The molecule has 2 aromatic carbocycles. The van der Waals surface area contributed by atoms with Crippen molar-refractivity contribution in [2.75, 3.05) is 18.7 Å². The Kier molecular flexibility index (Phi) is 5.16. The van der Waals surface area contributed by atoms with Gasteiger partial charge in [-0.25, -0.2) is 12.8 Å². The van der Waals surface area contributed by atoms with Crippen molar-refractivity contribution in [3.63, 3.8) is 0 Å². The van der Waals surface area contributed by atoms with Crippen molar-refractivity contribution in [1.82, 2.24) is 0 Å². The van der Waals surface area contributed by atoms with Gasteiger partial charge in [-0.1, -0.05) is 11.6 Å². The summed E-state index contributed by atoms with van der Waals surface area (Å²) in [7, 11) is -1.95. The third-order valence-corrected chi connectivity index (χ3v) is 4.72. The van der Waals surface area contributed by atoms with Crippen LogP contribution in [0.1, 0.15) is 18.5 Å². The molecule has 4 nitrogen and oxygen atoms in total. The SMILES string of the molecule is COc1cc(Cl)cc(C(C)Nc2cc(F)ccc2S(C)(=O)=O)c1. The summed E-state index contributed by atoms with van der Waals surface area (Å²) in [6, 6.07) is 8.41. The largest absolute Gasteiger partial charge is 0.497 e. The first-order chi connectivity index (χ1) is 10.7. The average molecular weight is 358 g/mol. The number of hydrogen-bond acceptors (Lipinski definition) is 4. The Morgan fingerprint density at radius 3 is 2.52 bits per heavy atom. The fraction of sp³-hybridized carbons (Fsp3) is 0.250. The molecule has 0 radical (unpaired) electrons. The van der Waals surface area contributed by atoms with Crippen LogP contribution in [-0.4, -0.2) is 21.8 Å². The predicted molar refractivity (Wildman–Crippen MR) is 89.6 cm³/mol. The summed E-state index contributed by atoms with van der Waals surface area (Å²) in [5, 5.41) is 3.52. The normalized spacial score (nSPS) is 12.7. The van der Waals surface area contributed by atoms with Crippen LogP contribution in [0.25, 0.3) is 0 Å². The minimum atomic E-state index is -3.48. The quantitative estimate of drug-likeness (QED) is 0.820. The van der Waals surface area contributed by atoms with Crippen molar-refractivity contribution in [2.45, 2.75) is 17.9 Å². The molecule has 0 spiro atoms. The molecule has 0 bridgehead atoms. The zero-order chi connectivity index (χ0) is 17.2. The zero-order valence-electron chi connectivity index (χ0n) is 12.9. The van der Waals surface area contributed by atoms with Crippen molar-refractivity contribution in [3.05, 3.63) is 52.8 Å². The van der Waals surface area contributed by atoms with Crippen molar-refractivity contribution in [1.29, 1.82) is 0 Å². The van der Waals surface area contributed by atoms with Crippen molar-refractivity contribution < 1.29 is 17.5 Å². The third kappa shape index (κ3) is 4.36. The van der Waals surface area contributed by atoms with E-state index in [4.69, 9.17) is 16.3 Å². The lowest BCUT2D eigenvalue weighted by Crippen LogP contribution is -2.11. The zero-order valence-corrected chi connectivity index (χ0v) is 14.5. The molecular formula is C16H17ClFNO3S. The van der Waals surface area contributed by atoms with Crippen LogP contribution in [0.5, 0.6) is 5.75 Å². The van der Waals surface area contributed by atoms with E-state index in [1.54, 1.807) is 18.2 Å². The van der Waals surface area contributed by atoms with Crippen LogP contribution >= 0.6 is 11.6 Å². The van der Waals surface area contributed by atoms with Crippen LogP contribution in [0.4, 0.5) is 10.1 Å². The number of sulfone groups is 1. The second-order valence-electron chi connectivity index (χ2n) is 5.20. The first kappa shape index (κ1) is 17.6. The fourth-order valence-electron chi connectivity index (χ4n) is 2.21. The maximum atomic E-state index is 13.5. The number of nitrogens with one attached hydrogen (secondary N) is 1. The molecule has 0 fully saturated rings. The highest BCUT2D eigenvalue weighted by atomic mass is 35.5. The summed E-state index contributed by atoms with van der Waals surface area (Å²) < 4.78 is 42.3. The molecule has 23 heavy (non-hydrogen) atoms. The number of halogens is 2. The Hall–Kier alpha value is -1.79. The summed E-state index contributed by atoms with van der Waals surface area (Å²) in [5.41, 5.74) is 0.997. The molecular weight excluding hydrogens is 341 g/mol. The van der Waals surface area contributed by atoms with Gasteiger partial charge >= 0.3 is 0 Å². The van der Waals surface area contributed by atoms with Gasteiger partial charge in [0.15, 0.2) is 9.84 Å². The van der Waals surface area contributed by atoms with Crippen LogP contribution in [0, 0.1) is 5.82 Å². The number of ether oxygens (including phenoxy) is 1. The standard InChI is InChI=1S/C16H17ClFNO3S/c1-10(11-6-12(17)8-14(7-11)22-2)19-15-9-13(18)4-5-16(15)23(3,20)21/h4-10,19H,1-3H3. The van der Waals surface area contributed by atoms with Gasteiger partial charge in [0.05, 0.1) is 17.7 Å². The number of benzene rings is 2. The number of anilines is 1. The highest BCUT2D eigenvalue weighted by Crippen LogP contribution is 2.30. The maximum absolute atomic E-state index is 13.5. The Bertz CT molecular complexity index is 824. The van der Waals surface area contributed by atoms with Crippen molar-refractivity contribution in [2.24, 2.45) is 0 Å². The van der Waals surface area contributed by atoms with E-state index in [0.717, 1.165) is 24.0 Å². The van der Waals surface area contributed by atoms with E-state index in [1.807, 2.05) is 6.92 Å². The molecule has 0 saturated heterocycles. The number of hydrogen-bond donors (Lipinski definition) is 1. The second-order valence-corrected chi connectivity index (χ2v) is 7.62. The molecule has 2 rings (SSSR count). The molecule has 1 N–H and O–H groups in total. The molecule has 7 heteroatoms. The van der Waals surface area contributed by atoms with Gasteiger partial charge < -0.3 is 10.1 Å². The molecule has 1 unspecified atom stereocenters. The average Bonchev–Trinajstić information content (AvgIpc) is 2.45. The minimum Gasteiger partial charge on any atom is -0.497 e. The molecule has 1 atom stereocenters. The van der Waals surface area contributed by atoms with E-state index in [2.05, 4.69) is 5.32 Å². The van der Waals surface area contributed by atoms with Crippen LogP contribution in [0.15, 0.2) is 41.3 Å². The molecule has 0 saturated carbocycles. The molecule has 0 aromatic heterocycles. The van der Waals surface area contributed by atoms with Crippen molar-refractivity contribution >= 4 is 27.1 Å². The molecule has 0 aliphatic heterocycles. The summed E-state index contributed by atoms with van der Waals surface area (Å²) >= 11 is 6.04. The Labute approximate surface area is 140 Å². The lowest BCUT2D eigenvalue weighted by molar-refractivity contribution is 0.414. The first-order valence-electron chi connectivity index (χ1n) is 6.81. The van der Waals surface area contributed by atoms with Gasteiger partial charge in [-0.05, 0) is 48.9 Å². The van der Waals surface area contributed by atoms with E-state index >= 15 is 0 Å².